The van der Waals surface area contributed by atoms with Crippen LogP contribution in [0.3, 0.4) is 0 Å². The van der Waals surface area contributed by atoms with Crippen molar-refractivity contribution in [3.63, 3.8) is 0 Å². The van der Waals surface area contributed by atoms with Crippen LogP contribution in [0.5, 0.6) is 0 Å². The molecule has 0 saturated heterocycles. The lowest BCUT2D eigenvalue weighted by Gasteiger charge is -2.14. The summed E-state index contributed by atoms with van der Waals surface area (Å²) in [5.74, 6) is -0.941. The minimum absolute atomic E-state index is 0.147. The van der Waals surface area contributed by atoms with Crippen molar-refractivity contribution in [1.82, 2.24) is 5.32 Å². The molecule has 0 saturated carbocycles. The molecule has 0 bridgehead atoms. The van der Waals surface area contributed by atoms with Crippen LogP contribution in [-0.4, -0.2) is 23.7 Å². The van der Waals surface area contributed by atoms with Crippen molar-refractivity contribution in [2.75, 3.05) is 12.3 Å². The summed E-state index contributed by atoms with van der Waals surface area (Å²) in [7, 11) is 0. The lowest BCUT2D eigenvalue weighted by molar-refractivity contribution is 0.0914. The summed E-state index contributed by atoms with van der Waals surface area (Å²) in [5.41, 5.74) is 6.32. The lowest BCUT2D eigenvalue weighted by Crippen LogP contribution is -2.37. The Hall–Kier alpha value is -1.62. The molecule has 5 heteroatoms. The van der Waals surface area contributed by atoms with Gasteiger partial charge in [0.15, 0.2) is 0 Å². The predicted molar refractivity (Wildman–Crippen MR) is 64.2 cm³/mol. The molecule has 0 heterocycles. The van der Waals surface area contributed by atoms with Crippen molar-refractivity contribution in [3.05, 3.63) is 29.1 Å². The number of hydrogen-bond donors (Lipinski definition) is 3. The van der Waals surface area contributed by atoms with E-state index >= 15 is 0 Å². The SMILES string of the molecule is CCC(CO)NC(=O)c1cc(N)c(C)c(F)c1. The van der Waals surface area contributed by atoms with Gasteiger partial charge in [-0.25, -0.2) is 4.39 Å². The standard InChI is InChI=1S/C12H17FN2O2/c1-3-9(6-16)15-12(17)8-4-10(13)7(2)11(14)5-8/h4-5,9,16H,3,6,14H2,1-2H3,(H,15,17). The highest BCUT2D eigenvalue weighted by molar-refractivity contribution is 5.95. The Bertz CT molecular complexity index is 394. The Morgan fingerprint density at radius 1 is 1.59 bits per heavy atom. The van der Waals surface area contributed by atoms with E-state index in [4.69, 9.17) is 10.8 Å². The molecule has 0 aliphatic heterocycles. The lowest BCUT2D eigenvalue weighted by atomic mass is 10.1. The van der Waals surface area contributed by atoms with E-state index < -0.39 is 11.7 Å². The molecule has 0 radical (unpaired) electrons. The fourth-order valence-corrected chi connectivity index (χ4v) is 1.38. The summed E-state index contributed by atoms with van der Waals surface area (Å²) in [4.78, 5) is 11.7. The zero-order valence-electron chi connectivity index (χ0n) is 9.96. The van der Waals surface area contributed by atoms with E-state index in [2.05, 4.69) is 5.32 Å². The van der Waals surface area contributed by atoms with Crippen LogP contribution in [0.2, 0.25) is 0 Å². The third kappa shape index (κ3) is 3.17. The molecule has 1 unspecified atom stereocenters. The number of aliphatic hydroxyl groups is 1. The van der Waals surface area contributed by atoms with E-state index in [1.807, 2.05) is 6.92 Å². The molecule has 94 valence electrons. The molecule has 1 rings (SSSR count). The second-order valence-corrected chi connectivity index (χ2v) is 3.93. The first-order valence-electron chi connectivity index (χ1n) is 5.46. The van der Waals surface area contributed by atoms with Gasteiger partial charge in [0.1, 0.15) is 5.82 Å². The first kappa shape index (κ1) is 13.4. The van der Waals surface area contributed by atoms with E-state index in [1.54, 1.807) is 6.92 Å². The highest BCUT2D eigenvalue weighted by atomic mass is 19.1. The molecule has 17 heavy (non-hydrogen) atoms. The van der Waals surface area contributed by atoms with Crippen molar-refractivity contribution in [2.45, 2.75) is 26.3 Å². The fraction of sp³-hybridized carbons (Fsp3) is 0.417. The van der Waals surface area contributed by atoms with E-state index in [0.29, 0.717) is 12.0 Å². The zero-order valence-corrected chi connectivity index (χ0v) is 9.96. The smallest absolute Gasteiger partial charge is 0.251 e. The highest BCUT2D eigenvalue weighted by Gasteiger charge is 2.14. The van der Waals surface area contributed by atoms with Gasteiger partial charge in [0.25, 0.3) is 5.91 Å². The summed E-state index contributed by atoms with van der Waals surface area (Å²) in [6, 6.07) is 2.25. The van der Waals surface area contributed by atoms with Crippen molar-refractivity contribution >= 4 is 11.6 Å². The summed E-state index contributed by atoms with van der Waals surface area (Å²) >= 11 is 0. The first-order valence-corrected chi connectivity index (χ1v) is 5.46. The van der Waals surface area contributed by atoms with Gasteiger partial charge in [-0.05, 0) is 25.5 Å². The number of nitrogen functional groups attached to an aromatic ring is 1. The third-order valence-electron chi connectivity index (χ3n) is 2.70. The average molecular weight is 240 g/mol. The van der Waals surface area contributed by atoms with Crippen LogP contribution in [-0.2, 0) is 0 Å². The Labute approximate surface area is 99.6 Å². The third-order valence-corrected chi connectivity index (χ3v) is 2.70. The van der Waals surface area contributed by atoms with Crippen LogP contribution < -0.4 is 11.1 Å². The van der Waals surface area contributed by atoms with E-state index in [-0.39, 0.29) is 23.9 Å². The molecule has 0 fully saturated rings. The van der Waals surface area contributed by atoms with Gasteiger partial charge >= 0.3 is 0 Å². The quantitative estimate of drug-likeness (QED) is 0.692. The maximum Gasteiger partial charge on any atom is 0.251 e. The van der Waals surface area contributed by atoms with Crippen molar-refractivity contribution < 1.29 is 14.3 Å². The maximum atomic E-state index is 13.4. The number of hydrogen-bond acceptors (Lipinski definition) is 3. The Kier molecular flexibility index (Phi) is 4.45. The van der Waals surface area contributed by atoms with Gasteiger partial charge in [-0.2, -0.15) is 0 Å². The molecule has 1 aromatic rings. The largest absolute Gasteiger partial charge is 0.398 e. The zero-order chi connectivity index (χ0) is 13.0. The highest BCUT2D eigenvalue weighted by Crippen LogP contribution is 2.17. The van der Waals surface area contributed by atoms with Crippen LogP contribution in [0.25, 0.3) is 0 Å². The molecule has 4 N–H and O–H groups in total. The van der Waals surface area contributed by atoms with Crippen molar-refractivity contribution in [1.29, 1.82) is 0 Å². The molecule has 0 aliphatic carbocycles. The monoisotopic (exact) mass is 240 g/mol. The average Bonchev–Trinajstić information content (AvgIpc) is 2.31. The van der Waals surface area contributed by atoms with E-state index in [9.17, 15) is 9.18 Å². The topological polar surface area (TPSA) is 75.3 Å². The molecule has 0 aromatic heterocycles. The van der Waals surface area contributed by atoms with Crippen LogP contribution >= 0.6 is 0 Å². The number of carbonyl (C=O) groups excluding carboxylic acids is 1. The minimum Gasteiger partial charge on any atom is -0.398 e. The number of amides is 1. The molecular formula is C12H17FN2O2. The number of halogens is 1. The van der Waals surface area contributed by atoms with Crippen LogP contribution in [0.1, 0.15) is 29.3 Å². The molecule has 0 aliphatic rings. The number of nitrogens with one attached hydrogen (secondary N) is 1. The summed E-state index contributed by atoms with van der Waals surface area (Å²) < 4.78 is 13.4. The Morgan fingerprint density at radius 3 is 2.71 bits per heavy atom. The number of benzene rings is 1. The summed E-state index contributed by atoms with van der Waals surface area (Å²) in [6.45, 7) is 3.24. The van der Waals surface area contributed by atoms with E-state index in [1.165, 1.54) is 6.07 Å². The normalized spacial score (nSPS) is 12.2. The number of rotatable bonds is 4. The van der Waals surface area contributed by atoms with Gasteiger partial charge in [0, 0.05) is 16.8 Å². The van der Waals surface area contributed by atoms with Crippen LogP contribution in [0.15, 0.2) is 12.1 Å². The molecule has 1 amide bonds. The van der Waals surface area contributed by atoms with Gasteiger partial charge in [-0.3, -0.25) is 4.79 Å². The second-order valence-electron chi connectivity index (χ2n) is 3.93. The number of aliphatic hydroxyl groups excluding tert-OH is 1. The van der Waals surface area contributed by atoms with Crippen LogP contribution in [0.4, 0.5) is 10.1 Å². The number of anilines is 1. The van der Waals surface area contributed by atoms with E-state index in [0.717, 1.165) is 6.07 Å². The summed E-state index contributed by atoms with van der Waals surface area (Å²) in [5, 5.41) is 11.6. The van der Waals surface area contributed by atoms with Gasteiger partial charge in [-0.15, -0.1) is 0 Å². The Morgan fingerprint density at radius 2 is 2.24 bits per heavy atom. The molecule has 1 aromatic carbocycles. The predicted octanol–water partition coefficient (Wildman–Crippen LogP) is 1.22. The number of nitrogens with two attached hydrogens (primary N) is 1. The molecule has 0 spiro atoms. The number of carbonyl (C=O) groups is 1. The van der Waals surface area contributed by atoms with Gasteiger partial charge in [0.2, 0.25) is 0 Å². The fourth-order valence-electron chi connectivity index (χ4n) is 1.38. The second kappa shape index (κ2) is 5.63. The maximum absolute atomic E-state index is 13.4. The first-order chi connectivity index (χ1) is 7.99. The molecule has 1 atom stereocenters. The minimum atomic E-state index is -0.507. The van der Waals surface area contributed by atoms with Gasteiger partial charge in [0.05, 0.1) is 12.6 Å². The van der Waals surface area contributed by atoms with Crippen molar-refractivity contribution in [2.24, 2.45) is 0 Å². The summed E-state index contributed by atoms with van der Waals surface area (Å²) in [6.07, 6.45) is 0.603. The van der Waals surface area contributed by atoms with Crippen molar-refractivity contribution in [3.8, 4) is 0 Å². The Balaban J connectivity index is 2.90. The van der Waals surface area contributed by atoms with Gasteiger partial charge < -0.3 is 16.2 Å². The van der Waals surface area contributed by atoms with Crippen LogP contribution in [0, 0.1) is 12.7 Å². The molecular weight excluding hydrogens is 223 g/mol. The molecule has 4 nitrogen and oxygen atoms in total. The van der Waals surface area contributed by atoms with Gasteiger partial charge in [-0.1, -0.05) is 6.92 Å².